The second-order valence-corrected chi connectivity index (χ2v) is 4.21. The van der Waals surface area contributed by atoms with Crippen LogP contribution in [0.3, 0.4) is 0 Å². The first-order chi connectivity index (χ1) is 9.11. The molecule has 19 heavy (non-hydrogen) atoms. The van der Waals surface area contributed by atoms with Crippen molar-refractivity contribution >= 4 is 0 Å². The number of rotatable bonds is 4. The summed E-state index contributed by atoms with van der Waals surface area (Å²) >= 11 is 0. The molecule has 100 valence electrons. The van der Waals surface area contributed by atoms with E-state index in [4.69, 9.17) is 0 Å². The van der Waals surface area contributed by atoms with E-state index in [0.717, 1.165) is 11.6 Å². The zero-order chi connectivity index (χ0) is 13.8. The van der Waals surface area contributed by atoms with Gasteiger partial charge in [0, 0.05) is 11.6 Å². The highest BCUT2D eigenvalue weighted by atomic mass is 19.1. The van der Waals surface area contributed by atoms with Crippen molar-refractivity contribution in [2.75, 3.05) is 6.54 Å². The van der Waals surface area contributed by atoms with Crippen molar-refractivity contribution in [2.24, 2.45) is 0 Å². The summed E-state index contributed by atoms with van der Waals surface area (Å²) in [5.41, 5.74) is 1.07. The van der Waals surface area contributed by atoms with Crippen molar-refractivity contribution in [3.05, 3.63) is 71.0 Å². The lowest BCUT2D eigenvalue weighted by Crippen LogP contribution is -2.23. The molecule has 4 heteroatoms. The van der Waals surface area contributed by atoms with E-state index in [1.165, 1.54) is 24.3 Å². The van der Waals surface area contributed by atoms with Gasteiger partial charge in [0.05, 0.1) is 6.04 Å². The second kappa shape index (κ2) is 5.89. The molecule has 0 heterocycles. The first-order valence-corrected chi connectivity index (χ1v) is 6.05. The Morgan fingerprint density at radius 1 is 0.947 bits per heavy atom. The Morgan fingerprint density at radius 2 is 1.58 bits per heavy atom. The van der Waals surface area contributed by atoms with Gasteiger partial charge in [0.25, 0.3) is 0 Å². The predicted molar refractivity (Wildman–Crippen MR) is 68.3 cm³/mol. The Bertz CT molecular complexity index is 552. The van der Waals surface area contributed by atoms with Gasteiger partial charge in [-0.3, -0.25) is 0 Å². The van der Waals surface area contributed by atoms with Crippen LogP contribution in [0.2, 0.25) is 0 Å². The zero-order valence-electron chi connectivity index (χ0n) is 10.5. The van der Waals surface area contributed by atoms with Crippen molar-refractivity contribution in [1.29, 1.82) is 0 Å². The van der Waals surface area contributed by atoms with Gasteiger partial charge in [0.1, 0.15) is 17.5 Å². The van der Waals surface area contributed by atoms with Gasteiger partial charge in [-0.1, -0.05) is 25.1 Å². The van der Waals surface area contributed by atoms with Crippen LogP contribution in [0.5, 0.6) is 0 Å². The quantitative estimate of drug-likeness (QED) is 0.886. The third kappa shape index (κ3) is 3.15. The molecule has 0 radical (unpaired) electrons. The summed E-state index contributed by atoms with van der Waals surface area (Å²) in [6, 6.07) is 8.86. The smallest absolute Gasteiger partial charge is 0.131 e. The zero-order valence-corrected chi connectivity index (χ0v) is 10.5. The molecule has 1 nitrogen and oxygen atoms in total. The Hall–Kier alpha value is -1.81. The van der Waals surface area contributed by atoms with E-state index in [-0.39, 0.29) is 5.82 Å². The Morgan fingerprint density at radius 3 is 2.16 bits per heavy atom. The van der Waals surface area contributed by atoms with Crippen LogP contribution in [0, 0.1) is 17.5 Å². The van der Waals surface area contributed by atoms with Crippen LogP contribution in [-0.4, -0.2) is 6.54 Å². The van der Waals surface area contributed by atoms with E-state index in [0.29, 0.717) is 12.1 Å². The summed E-state index contributed by atoms with van der Waals surface area (Å²) in [7, 11) is 0. The lowest BCUT2D eigenvalue weighted by Gasteiger charge is -2.19. The Labute approximate surface area is 110 Å². The highest BCUT2D eigenvalue weighted by Crippen LogP contribution is 2.25. The van der Waals surface area contributed by atoms with Gasteiger partial charge in [-0.2, -0.15) is 0 Å². The Balaban J connectivity index is 2.41. The number of hydrogen-bond donors (Lipinski definition) is 1. The summed E-state index contributed by atoms with van der Waals surface area (Å²) in [5, 5.41) is 3.11. The normalized spacial score (nSPS) is 12.4. The molecule has 0 amide bonds. The van der Waals surface area contributed by atoms with Gasteiger partial charge in [-0.15, -0.1) is 0 Å². The van der Waals surface area contributed by atoms with Gasteiger partial charge in [-0.05, 0) is 30.3 Å². The molecule has 0 bridgehead atoms. The van der Waals surface area contributed by atoms with Crippen LogP contribution in [0.25, 0.3) is 0 Å². The summed E-state index contributed by atoms with van der Waals surface area (Å²) in [5.74, 6) is -1.58. The molecule has 1 N–H and O–H groups in total. The summed E-state index contributed by atoms with van der Waals surface area (Å²) in [4.78, 5) is 0. The maximum Gasteiger partial charge on any atom is 0.131 e. The number of hydrogen-bond acceptors (Lipinski definition) is 1. The second-order valence-electron chi connectivity index (χ2n) is 4.21. The maximum atomic E-state index is 13.8. The lowest BCUT2D eigenvalue weighted by atomic mass is 9.98. The van der Waals surface area contributed by atoms with Gasteiger partial charge in [-0.25, -0.2) is 13.2 Å². The van der Waals surface area contributed by atoms with Gasteiger partial charge < -0.3 is 5.32 Å². The molecular weight excluding hydrogens is 251 g/mol. The van der Waals surface area contributed by atoms with E-state index in [2.05, 4.69) is 5.32 Å². The first kappa shape index (κ1) is 13.6. The molecule has 1 atom stereocenters. The summed E-state index contributed by atoms with van der Waals surface area (Å²) in [6.45, 7) is 2.50. The third-order valence-corrected chi connectivity index (χ3v) is 2.89. The fraction of sp³-hybridized carbons (Fsp3) is 0.200. The topological polar surface area (TPSA) is 12.0 Å². The maximum absolute atomic E-state index is 13.8. The molecule has 1 unspecified atom stereocenters. The minimum Gasteiger partial charge on any atom is -0.306 e. The third-order valence-electron chi connectivity index (χ3n) is 2.89. The van der Waals surface area contributed by atoms with Crippen molar-refractivity contribution in [2.45, 2.75) is 13.0 Å². The number of halogens is 3. The average molecular weight is 265 g/mol. The fourth-order valence-electron chi connectivity index (χ4n) is 2.00. The van der Waals surface area contributed by atoms with Crippen LogP contribution < -0.4 is 5.32 Å². The number of benzene rings is 2. The van der Waals surface area contributed by atoms with Crippen molar-refractivity contribution in [3.8, 4) is 0 Å². The highest BCUT2D eigenvalue weighted by Gasteiger charge is 2.17. The minimum absolute atomic E-state index is 0.342. The van der Waals surface area contributed by atoms with Gasteiger partial charge in [0.2, 0.25) is 0 Å². The molecule has 0 fully saturated rings. The molecular formula is C15H14F3N. The van der Waals surface area contributed by atoms with Gasteiger partial charge >= 0.3 is 0 Å². The largest absolute Gasteiger partial charge is 0.306 e. The molecule has 0 saturated carbocycles. The standard InChI is InChI=1S/C15H14F3N/c1-2-19-15(10-3-5-11(16)6-4-10)13-8-7-12(17)9-14(13)18/h3-9,15,19H,2H2,1H3. The van der Waals surface area contributed by atoms with E-state index >= 15 is 0 Å². The molecule has 2 rings (SSSR count). The molecule has 2 aromatic rings. The predicted octanol–water partition coefficient (Wildman–Crippen LogP) is 3.80. The fourth-order valence-corrected chi connectivity index (χ4v) is 2.00. The SMILES string of the molecule is CCNC(c1ccc(F)cc1)c1ccc(F)cc1F. The van der Waals surface area contributed by atoms with E-state index in [1.54, 1.807) is 12.1 Å². The van der Waals surface area contributed by atoms with Gasteiger partial charge in [0.15, 0.2) is 0 Å². The molecule has 0 saturated heterocycles. The molecule has 2 aromatic carbocycles. The van der Waals surface area contributed by atoms with E-state index in [9.17, 15) is 13.2 Å². The molecule has 0 spiro atoms. The number of nitrogens with one attached hydrogen (secondary N) is 1. The molecule has 0 aliphatic rings. The lowest BCUT2D eigenvalue weighted by molar-refractivity contribution is 0.540. The van der Waals surface area contributed by atoms with E-state index < -0.39 is 17.7 Å². The van der Waals surface area contributed by atoms with Crippen molar-refractivity contribution in [1.82, 2.24) is 5.32 Å². The monoisotopic (exact) mass is 265 g/mol. The average Bonchev–Trinajstić information content (AvgIpc) is 2.38. The summed E-state index contributed by atoms with van der Waals surface area (Å²) < 4.78 is 39.7. The van der Waals surface area contributed by atoms with Crippen molar-refractivity contribution in [3.63, 3.8) is 0 Å². The minimum atomic E-state index is -0.615. The van der Waals surface area contributed by atoms with Crippen LogP contribution in [0.15, 0.2) is 42.5 Å². The first-order valence-electron chi connectivity index (χ1n) is 6.05. The van der Waals surface area contributed by atoms with Crippen LogP contribution in [0.1, 0.15) is 24.1 Å². The van der Waals surface area contributed by atoms with Crippen LogP contribution >= 0.6 is 0 Å². The molecule has 0 aromatic heterocycles. The van der Waals surface area contributed by atoms with Crippen LogP contribution in [0.4, 0.5) is 13.2 Å². The van der Waals surface area contributed by atoms with E-state index in [1.807, 2.05) is 6.92 Å². The summed E-state index contributed by atoms with van der Waals surface area (Å²) in [6.07, 6.45) is 0. The van der Waals surface area contributed by atoms with Crippen molar-refractivity contribution < 1.29 is 13.2 Å². The molecule has 0 aliphatic heterocycles. The highest BCUT2D eigenvalue weighted by molar-refractivity contribution is 5.33. The van der Waals surface area contributed by atoms with Crippen LogP contribution in [-0.2, 0) is 0 Å². The Kier molecular flexibility index (Phi) is 4.22. The molecule has 0 aliphatic carbocycles.